The van der Waals surface area contributed by atoms with Crippen molar-refractivity contribution in [2.75, 3.05) is 11.9 Å². The molecule has 2 aromatic rings. The third-order valence-corrected chi connectivity index (χ3v) is 3.45. The Morgan fingerprint density at radius 3 is 2.64 bits per heavy atom. The van der Waals surface area contributed by atoms with E-state index in [-0.39, 0.29) is 23.6 Å². The number of esters is 1. The van der Waals surface area contributed by atoms with Gasteiger partial charge >= 0.3 is 5.97 Å². The number of nitro groups is 1. The number of hydrogen-bond acceptors (Lipinski definition) is 5. The Morgan fingerprint density at radius 2 is 1.92 bits per heavy atom. The Hall–Kier alpha value is -3.22. The Balaban J connectivity index is 2.08. The number of carbonyl (C=O) groups is 2. The molecule has 0 saturated heterocycles. The van der Waals surface area contributed by atoms with E-state index in [1.807, 2.05) is 6.07 Å². The average Bonchev–Trinajstić information content (AvgIpc) is 2.60. The van der Waals surface area contributed by atoms with Crippen molar-refractivity contribution in [1.29, 1.82) is 0 Å². The summed E-state index contributed by atoms with van der Waals surface area (Å²) in [4.78, 5) is 34.1. The molecular weight excluding hydrogens is 324 g/mol. The predicted octanol–water partition coefficient (Wildman–Crippen LogP) is 3.34. The summed E-state index contributed by atoms with van der Waals surface area (Å²) in [6.07, 6.45) is 0.726. The van der Waals surface area contributed by atoms with Crippen LogP contribution in [0.3, 0.4) is 0 Å². The monoisotopic (exact) mass is 342 g/mol. The molecule has 0 spiro atoms. The lowest BCUT2D eigenvalue weighted by Crippen LogP contribution is -2.14. The largest absolute Gasteiger partial charge is 0.466 e. The number of nitro benzene ring substituents is 1. The summed E-state index contributed by atoms with van der Waals surface area (Å²) in [6.45, 7) is 2.08. The lowest BCUT2D eigenvalue weighted by Gasteiger charge is -2.08. The van der Waals surface area contributed by atoms with Crippen molar-refractivity contribution in [2.45, 2.75) is 19.8 Å². The molecule has 0 saturated carbocycles. The number of hydrogen-bond donors (Lipinski definition) is 1. The summed E-state index contributed by atoms with van der Waals surface area (Å²) in [5.41, 5.74) is 1.10. The topological polar surface area (TPSA) is 98.5 Å². The van der Waals surface area contributed by atoms with Crippen LogP contribution in [0.4, 0.5) is 11.4 Å². The third kappa shape index (κ3) is 5.13. The van der Waals surface area contributed by atoms with Crippen LogP contribution in [0.25, 0.3) is 0 Å². The van der Waals surface area contributed by atoms with Gasteiger partial charge in [-0.05, 0) is 37.1 Å². The first-order valence-electron chi connectivity index (χ1n) is 7.80. The van der Waals surface area contributed by atoms with Crippen LogP contribution in [0.2, 0.25) is 0 Å². The second-order valence-corrected chi connectivity index (χ2v) is 5.23. The zero-order valence-corrected chi connectivity index (χ0v) is 13.7. The minimum absolute atomic E-state index is 0.00979. The van der Waals surface area contributed by atoms with Crippen molar-refractivity contribution < 1.29 is 19.2 Å². The summed E-state index contributed by atoms with van der Waals surface area (Å²) in [5.74, 6) is -0.841. The third-order valence-electron chi connectivity index (χ3n) is 3.45. The van der Waals surface area contributed by atoms with Crippen LogP contribution in [0, 0.1) is 10.1 Å². The SMILES string of the molecule is CCOC(=O)CCc1cccc(NC(=O)c2ccccc2[N+](=O)[O-])c1. The van der Waals surface area contributed by atoms with Crippen LogP contribution in [0.1, 0.15) is 29.3 Å². The standard InChI is InChI=1S/C18H18N2O5/c1-2-25-17(21)11-10-13-6-5-7-14(12-13)19-18(22)15-8-3-4-9-16(15)20(23)24/h3-9,12H,2,10-11H2,1H3,(H,19,22). The molecule has 25 heavy (non-hydrogen) atoms. The van der Waals surface area contributed by atoms with Crippen molar-refractivity contribution in [1.82, 2.24) is 0 Å². The second-order valence-electron chi connectivity index (χ2n) is 5.23. The second kappa shape index (κ2) is 8.58. The number of anilines is 1. The molecule has 0 unspecified atom stereocenters. The molecule has 1 N–H and O–H groups in total. The van der Waals surface area contributed by atoms with Crippen LogP contribution >= 0.6 is 0 Å². The number of benzene rings is 2. The van der Waals surface area contributed by atoms with Gasteiger partial charge in [-0.1, -0.05) is 24.3 Å². The Morgan fingerprint density at radius 1 is 1.16 bits per heavy atom. The molecule has 1 amide bonds. The molecule has 130 valence electrons. The maximum Gasteiger partial charge on any atom is 0.306 e. The Bertz CT molecular complexity index is 789. The van der Waals surface area contributed by atoms with Gasteiger partial charge in [-0.25, -0.2) is 0 Å². The van der Waals surface area contributed by atoms with Crippen molar-refractivity contribution in [2.24, 2.45) is 0 Å². The van der Waals surface area contributed by atoms with E-state index in [1.165, 1.54) is 18.2 Å². The maximum atomic E-state index is 12.3. The molecule has 2 aromatic carbocycles. The number of ether oxygens (including phenoxy) is 1. The van der Waals surface area contributed by atoms with E-state index in [9.17, 15) is 19.7 Å². The molecule has 0 aliphatic rings. The average molecular weight is 342 g/mol. The number of rotatable bonds is 7. The van der Waals surface area contributed by atoms with E-state index in [0.29, 0.717) is 18.7 Å². The molecule has 0 aromatic heterocycles. The van der Waals surface area contributed by atoms with Crippen LogP contribution in [0.15, 0.2) is 48.5 Å². The number of para-hydroxylation sites is 1. The van der Waals surface area contributed by atoms with E-state index in [2.05, 4.69) is 5.32 Å². The van der Waals surface area contributed by atoms with Crippen molar-refractivity contribution in [3.63, 3.8) is 0 Å². The molecule has 0 aliphatic heterocycles. The van der Waals surface area contributed by atoms with Gasteiger partial charge in [0.25, 0.3) is 11.6 Å². The fraction of sp³-hybridized carbons (Fsp3) is 0.222. The Labute approximate surface area is 144 Å². The predicted molar refractivity (Wildman–Crippen MR) is 92.4 cm³/mol. The summed E-state index contributed by atoms with van der Waals surface area (Å²) < 4.78 is 4.88. The highest BCUT2D eigenvalue weighted by Crippen LogP contribution is 2.20. The van der Waals surface area contributed by atoms with Gasteiger partial charge in [0.05, 0.1) is 11.5 Å². The lowest BCUT2D eigenvalue weighted by molar-refractivity contribution is -0.385. The molecule has 7 nitrogen and oxygen atoms in total. The first-order chi connectivity index (χ1) is 12.0. The molecule has 0 aliphatic carbocycles. The highest BCUT2D eigenvalue weighted by molar-refractivity contribution is 6.07. The number of aryl methyl sites for hydroxylation is 1. The van der Waals surface area contributed by atoms with Crippen LogP contribution < -0.4 is 5.32 Å². The number of carbonyl (C=O) groups excluding carboxylic acids is 2. The van der Waals surface area contributed by atoms with Crippen molar-refractivity contribution in [3.05, 3.63) is 69.8 Å². The van der Waals surface area contributed by atoms with Crippen LogP contribution in [0.5, 0.6) is 0 Å². The zero-order chi connectivity index (χ0) is 18.2. The fourth-order valence-corrected chi connectivity index (χ4v) is 2.31. The first-order valence-corrected chi connectivity index (χ1v) is 7.80. The van der Waals surface area contributed by atoms with E-state index < -0.39 is 10.8 Å². The summed E-state index contributed by atoms with van der Waals surface area (Å²) in [6, 6.07) is 12.7. The summed E-state index contributed by atoms with van der Waals surface area (Å²) >= 11 is 0. The van der Waals surface area contributed by atoms with E-state index in [0.717, 1.165) is 5.56 Å². The van der Waals surface area contributed by atoms with Gasteiger partial charge in [-0.2, -0.15) is 0 Å². The van der Waals surface area contributed by atoms with Gasteiger partial charge in [0.15, 0.2) is 0 Å². The van der Waals surface area contributed by atoms with Crippen LogP contribution in [-0.2, 0) is 16.0 Å². The van der Waals surface area contributed by atoms with E-state index in [1.54, 1.807) is 31.2 Å². The molecule has 0 bridgehead atoms. The molecule has 7 heteroatoms. The van der Waals surface area contributed by atoms with E-state index >= 15 is 0 Å². The van der Waals surface area contributed by atoms with E-state index in [4.69, 9.17) is 4.74 Å². The van der Waals surface area contributed by atoms with Crippen LogP contribution in [-0.4, -0.2) is 23.4 Å². The van der Waals surface area contributed by atoms with Gasteiger partial charge in [0.1, 0.15) is 5.56 Å². The molecule has 0 fully saturated rings. The highest BCUT2D eigenvalue weighted by Gasteiger charge is 2.19. The van der Waals surface area contributed by atoms with Gasteiger partial charge in [-0.3, -0.25) is 19.7 Å². The normalized spacial score (nSPS) is 10.1. The number of nitrogens with zero attached hydrogens (tertiary/aromatic N) is 1. The minimum atomic E-state index is -0.593. The molecule has 0 atom stereocenters. The van der Waals surface area contributed by atoms with Crippen molar-refractivity contribution in [3.8, 4) is 0 Å². The molecule has 0 radical (unpaired) electrons. The van der Waals surface area contributed by atoms with Gasteiger partial charge in [-0.15, -0.1) is 0 Å². The lowest BCUT2D eigenvalue weighted by atomic mass is 10.1. The highest BCUT2D eigenvalue weighted by atomic mass is 16.6. The number of nitrogens with one attached hydrogen (secondary N) is 1. The number of amides is 1. The fourth-order valence-electron chi connectivity index (χ4n) is 2.31. The minimum Gasteiger partial charge on any atom is -0.466 e. The zero-order valence-electron chi connectivity index (χ0n) is 13.7. The smallest absolute Gasteiger partial charge is 0.306 e. The summed E-state index contributed by atoms with van der Waals surface area (Å²) in [5, 5.41) is 13.7. The molecule has 0 heterocycles. The summed E-state index contributed by atoms with van der Waals surface area (Å²) in [7, 11) is 0. The van der Waals surface area contributed by atoms with Gasteiger partial charge < -0.3 is 10.1 Å². The molecule has 2 rings (SSSR count). The van der Waals surface area contributed by atoms with Crippen molar-refractivity contribution >= 4 is 23.3 Å². The maximum absolute atomic E-state index is 12.3. The van der Waals surface area contributed by atoms with Gasteiger partial charge in [0.2, 0.25) is 0 Å². The molecular formula is C18H18N2O5. The Kier molecular flexibility index (Phi) is 6.22. The first kappa shape index (κ1) is 18.1. The van der Waals surface area contributed by atoms with Gasteiger partial charge in [0, 0.05) is 18.2 Å². The quantitative estimate of drug-likeness (QED) is 0.473.